The van der Waals surface area contributed by atoms with Crippen molar-refractivity contribution in [2.45, 2.75) is 9.79 Å². The number of carbonyl (C=O) groups is 2. The van der Waals surface area contributed by atoms with Crippen LogP contribution < -0.4 is 9.47 Å². The Morgan fingerprint density at radius 1 is 0.595 bits per heavy atom. The van der Waals surface area contributed by atoms with Crippen molar-refractivity contribution in [1.82, 2.24) is 0 Å². The van der Waals surface area contributed by atoms with Gasteiger partial charge in [-0.2, -0.15) is 0 Å². The minimum Gasteiger partial charge on any atom is -0.423 e. The molecule has 0 atom stereocenters. The molecule has 0 N–H and O–H groups in total. The van der Waals surface area contributed by atoms with E-state index in [-0.39, 0.29) is 47.6 Å². The van der Waals surface area contributed by atoms with Crippen molar-refractivity contribution in [3.63, 3.8) is 0 Å². The Labute approximate surface area is 232 Å². The van der Waals surface area contributed by atoms with E-state index >= 15 is 0 Å². The minimum atomic E-state index is -4.44. The highest BCUT2D eigenvalue weighted by molar-refractivity contribution is 7.91. The molecule has 0 aromatic heterocycles. The highest BCUT2D eigenvalue weighted by Gasteiger charge is 2.28. The van der Waals surface area contributed by atoms with Gasteiger partial charge in [0.15, 0.2) is 5.75 Å². The van der Waals surface area contributed by atoms with E-state index in [1.54, 1.807) is 24.3 Å². The second-order valence-electron chi connectivity index (χ2n) is 7.43. The van der Waals surface area contributed by atoms with Gasteiger partial charge in [0.25, 0.3) is 0 Å². The van der Waals surface area contributed by atoms with Crippen LogP contribution in [0.1, 0.15) is 20.7 Å². The lowest BCUT2D eigenvalue weighted by molar-refractivity contribution is 0.0715. The van der Waals surface area contributed by atoms with Gasteiger partial charge in [0.05, 0.1) is 31.1 Å². The summed E-state index contributed by atoms with van der Waals surface area (Å²) < 4.78 is 38.1. The van der Waals surface area contributed by atoms with Crippen LogP contribution in [0.4, 0.5) is 0 Å². The SMILES string of the molecule is O=C(Oc1ccc(OC(=O)c2ccccc2Cl)c(S(=O)(=O)c2cc(Cl)ccc2Cl)c1)c1ccccc1Cl. The average molecular weight is 596 g/mol. The first-order valence-corrected chi connectivity index (χ1v) is 13.3. The van der Waals surface area contributed by atoms with E-state index in [1.807, 2.05) is 0 Å². The van der Waals surface area contributed by atoms with E-state index in [4.69, 9.17) is 55.9 Å². The molecule has 4 aromatic carbocycles. The zero-order valence-electron chi connectivity index (χ0n) is 18.5. The fourth-order valence-electron chi connectivity index (χ4n) is 3.22. The number of benzene rings is 4. The van der Waals surface area contributed by atoms with Crippen molar-refractivity contribution in [3.05, 3.63) is 116 Å². The van der Waals surface area contributed by atoms with Gasteiger partial charge in [-0.15, -0.1) is 0 Å². The van der Waals surface area contributed by atoms with Crippen LogP contribution in [0.25, 0.3) is 0 Å². The third kappa shape index (κ3) is 5.92. The minimum absolute atomic E-state index is 0.0162. The largest absolute Gasteiger partial charge is 0.423 e. The predicted molar refractivity (Wildman–Crippen MR) is 141 cm³/mol. The third-order valence-electron chi connectivity index (χ3n) is 4.99. The van der Waals surface area contributed by atoms with Crippen molar-refractivity contribution in [1.29, 1.82) is 0 Å². The summed E-state index contributed by atoms with van der Waals surface area (Å²) in [6, 6.07) is 19.7. The second kappa shape index (κ2) is 11.1. The molecule has 37 heavy (non-hydrogen) atoms. The van der Waals surface area contributed by atoms with Crippen molar-refractivity contribution in [3.8, 4) is 11.5 Å². The van der Waals surface area contributed by atoms with Gasteiger partial charge in [0, 0.05) is 11.1 Å². The standard InChI is InChI=1S/C26H14Cl4O6S/c27-15-9-11-21(30)23(13-15)37(33,34)24-14-16(35-25(31)17-5-1-3-7-19(17)28)10-12-22(24)36-26(32)18-6-2-4-8-20(18)29/h1-14H. The highest BCUT2D eigenvalue weighted by atomic mass is 35.5. The number of halogens is 4. The number of esters is 2. The summed E-state index contributed by atoms with van der Waals surface area (Å²) >= 11 is 24.3. The lowest BCUT2D eigenvalue weighted by Crippen LogP contribution is -2.14. The number of carbonyl (C=O) groups excluding carboxylic acids is 2. The molecule has 0 aliphatic heterocycles. The first-order chi connectivity index (χ1) is 17.6. The fourth-order valence-corrected chi connectivity index (χ4v) is 5.79. The van der Waals surface area contributed by atoms with E-state index in [0.29, 0.717) is 0 Å². The number of rotatable bonds is 6. The number of sulfone groups is 1. The van der Waals surface area contributed by atoms with Gasteiger partial charge in [-0.3, -0.25) is 0 Å². The average Bonchev–Trinajstić information content (AvgIpc) is 2.86. The molecule has 0 radical (unpaired) electrons. The van der Waals surface area contributed by atoms with E-state index < -0.39 is 26.7 Å². The van der Waals surface area contributed by atoms with Crippen LogP contribution in [0.2, 0.25) is 20.1 Å². The normalized spacial score (nSPS) is 11.1. The molecule has 0 saturated heterocycles. The van der Waals surface area contributed by atoms with Crippen molar-refractivity contribution >= 4 is 68.2 Å². The zero-order valence-corrected chi connectivity index (χ0v) is 22.3. The van der Waals surface area contributed by atoms with Gasteiger partial charge in [0.2, 0.25) is 9.84 Å². The van der Waals surface area contributed by atoms with E-state index in [0.717, 1.165) is 12.1 Å². The molecule has 0 unspecified atom stereocenters. The molecule has 0 aliphatic rings. The van der Waals surface area contributed by atoms with Gasteiger partial charge >= 0.3 is 11.9 Å². The quantitative estimate of drug-likeness (QED) is 0.169. The van der Waals surface area contributed by atoms with E-state index in [1.165, 1.54) is 48.5 Å². The van der Waals surface area contributed by atoms with Gasteiger partial charge in [0.1, 0.15) is 10.6 Å². The molecule has 0 amide bonds. The van der Waals surface area contributed by atoms with Gasteiger partial charge in [-0.1, -0.05) is 70.7 Å². The van der Waals surface area contributed by atoms with E-state index in [2.05, 4.69) is 0 Å². The molecule has 0 heterocycles. The summed E-state index contributed by atoms with van der Waals surface area (Å²) in [5.41, 5.74) is 0.0863. The maximum absolute atomic E-state index is 13.7. The predicted octanol–water partition coefficient (Wildman–Crippen LogP) is 7.57. The summed E-state index contributed by atoms with van der Waals surface area (Å²) in [5, 5.41) is 0.251. The Morgan fingerprint density at radius 2 is 1.16 bits per heavy atom. The van der Waals surface area contributed by atoms with Crippen LogP contribution in [0.5, 0.6) is 11.5 Å². The topological polar surface area (TPSA) is 86.7 Å². The van der Waals surface area contributed by atoms with Crippen molar-refractivity contribution < 1.29 is 27.5 Å². The molecule has 188 valence electrons. The number of ether oxygens (including phenoxy) is 2. The third-order valence-corrected chi connectivity index (χ3v) is 8.14. The Hall–Kier alpha value is -3.07. The van der Waals surface area contributed by atoms with Crippen LogP contribution in [0, 0.1) is 0 Å². The van der Waals surface area contributed by atoms with Crippen LogP contribution in [-0.4, -0.2) is 20.4 Å². The Balaban J connectivity index is 1.80. The van der Waals surface area contributed by atoms with Crippen LogP contribution in [-0.2, 0) is 9.84 Å². The zero-order chi connectivity index (χ0) is 26.7. The number of hydrogen-bond donors (Lipinski definition) is 0. The maximum atomic E-state index is 13.7. The first-order valence-electron chi connectivity index (χ1n) is 10.4. The van der Waals surface area contributed by atoms with Gasteiger partial charge in [-0.25, -0.2) is 18.0 Å². The summed E-state index contributed by atoms with van der Waals surface area (Å²) in [4.78, 5) is 24.6. The summed E-state index contributed by atoms with van der Waals surface area (Å²) in [5.74, 6) is -2.23. The lowest BCUT2D eigenvalue weighted by Gasteiger charge is -2.14. The second-order valence-corrected chi connectivity index (χ2v) is 11.0. The molecule has 0 fully saturated rings. The van der Waals surface area contributed by atoms with E-state index in [9.17, 15) is 18.0 Å². The molecular formula is C26H14Cl4O6S. The summed E-state index contributed by atoms with van der Waals surface area (Å²) in [6.07, 6.45) is 0. The monoisotopic (exact) mass is 594 g/mol. The molecule has 4 aromatic rings. The smallest absolute Gasteiger partial charge is 0.345 e. The molecule has 11 heteroatoms. The van der Waals surface area contributed by atoms with Crippen LogP contribution in [0.15, 0.2) is 94.7 Å². The molecule has 6 nitrogen and oxygen atoms in total. The Kier molecular flexibility index (Phi) is 8.11. The molecule has 0 bridgehead atoms. The first kappa shape index (κ1) is 27.0. The number of hydrogen-bond acceptors (Lipinski definition) is 6. The molecule has 0 aliphatic carbocycles. The van der Waals surface area contributed by atoms with Gasteiger partial charge < -0.3 is 9.47 Å². The Morgan fingerprint density at radius 3 is 1.76 bits per heavy atom. The summed E-state index contributed by atoms with van der Waals surface area (Å²) in [7, 11) is -4.44. The van der Waals surface area contributed by atoms with Crippen LogP contribution in [0.3, 0.4) is 0 Å². The maximum Gasteiger partial charge on any atom is 0.345 e. The molecule has 4 rings (SSSR count). The fraction of sp³-hybridized carbons (Fsp3) is 0. The van der Waals surface area contributed by atoms with Crippen molar-refractivity contribution in [2.75, 3.05) is 0 Å². The molecule has 0 saturated carbocycles. The molecule has 0 spiro atoms. The molecular weight excluding hydrogens is 582 g/mol. The van der Waals surface area contributed by atoms with Gasteiger partial charge in [-0.05, 0) is 54.6 Å². The van der Waals surface area contributed by atoms with Crippen molar-refractivity contribution in [2.24, 2.45) is 0 Å². The van der Waals surface area contributed by atoms with Crippen LogP contribution >= 0.6 is 46.4 Å². The Bertz CT molecular complexity index is 1640. The summed E-state index contributed by atoms with van der Waals surface area (Å²) in [6.45, 7) is 0. The highest BCUT2D eigenvalue weighted by Crippen LogP contribution is 2.37. The lowest BCUT2D eigenvalue weighted by atomic mass is 10.2.